The summed E-state index contributed by atoms with van der Waals surface area (Å²) in [5.74, 6) is 1.76. The highest BCUT2D eigenvalue weighted by Crippen LogP contribution is 2.42. The molecule has 0 aliphatic heterocycles. The molecule has 1 aromatic heterocycles. The minimum absolute atomic E-state index is 0.318. The summed E-state index contributed by atoms with van der Waals surface area (Å²) in [6, 6.07) is 1.91. The van der Waals surface area contributed by atoms with Crippen LogP contribution in [0.5, 0.6) is 5.75 Å². The fraction of sp³-hybridized carbons (Fsp3) is 0.643. The van der Waals surface area contributed by atoms with Gasteiger partial charge in [0.25, 0.3) is 0 Å². The number of rotatable bonds is 6. The normalized spacial score (nSPS) is 18.8. The Balaban J connectivity index is 2.03. The van der Waals surface area contributed by atoms with E-state index in [0.29, 0.717) is 18.4 Å². The van der Waals surface area contributed by atoms with Gasteiger partial charge in [0.1, 0.15) is 5.75 Å². The number of aromatic nitrogens is 1. The quantitative estimate of drug-likeness (QED) is 0.824. The molecule has 17 heavy (non-hydrogen) atoms. The largest absolute Gasteiger partial charge is 0.492 e. The smallest absolute Gasteiger partial charge is 0.137 e. The molecule has 1 aliphatic rings. The van der Waals surface area contributed by atoms with E-state index in [4.69, 9.17) is 4.74 Å². The Morgan fingerprint density at radius 2 is 2.24 bits per heavy atom. The SMILES string of the molecule is CCCOc1cncc(C(O)C(C)C2CC2)c1. The Morgan fingerprint density at radius 1 is 1.47 bits per heavy atom. The number of hydrogen-bond donors (Lipinski definition) is 1. The molecule has 2 unspecified atom stereocenters. The van der Waals surface area contributed by atoms with Crippen LogP contribution in [0.1, 0.15) is 44.8 Å². The molecule has 1 saturated carbocycles. The van der Waals surface area contributed by atoms with Crippen molar-refractivity contribution >= 4 is 0 Å². The number of nitrogens with zero attached hydrogens (tertiary/aromatic N) is 1. The Morgan fingerprint density at radius 3 is 2.88 bits per heavy atom. The first-order valence-electron chi connectivity index (χ1n) is 6.48. The molecule has 0 saturated heterocycles. The van der Waals surface area contributed by atoms with Crippen LogP contribution in [0.4, 0.5) is 0 Å². The monoisotopic (exact) mass is 235 g/mol. The van der Waals surface area contributed by atoms with E-state index in [9.17, 15) is 5.11 Å². The summed E-state index contributed by atoms with van der Waals surface area (Å²) in [6.45, 7) is 4.88. The van der Waals surface area contributed by atoms with Crippen molar-refractivity contribution < 1.29 is 9.84 Å². The number of aliphatic hydroxyl groups excluding tert-OH is 1. The summed E-state index contributed by atoms with van der Waals surface area (Å²) in [4.78, 5) is 4.14. The second-order valence-corrected chi connectivity index (χ2v) is 4.94. The molecule has 2 atom stereocenters. The molecule has 3 nitrogen and oxygen atoms in total. The maximum absolute atomic E-state index is 10.3. The highest BCUT2D eigenvalue weighted by atomic mass is 16.5. The van der Waals surface area contributed by atoms with Gasteiger partial charge in [-0.2, -0.15) is 0 Å². The molecule has 0 radical (unpaired) electrons. The topological polar surface area (TPSA) is 42.4 Å². The summed E-state index contributed by atoms with van der Waals surface area (Å²) < 4.78 is 5.53. The highest BCUT2D eigenvalue weighted by molar-refractivity contribution is 5.25. The van der Waals surface area contributed by atoms with E-state index in [1.54, 1.807) is 12.4 Å². The standard InChI is InChI=1S/C14H21NO2/c1-3-6-17-13-7-12(8-15-9-13)14(16)10(2)11-4-5-11/h7-11,14,16H,3-6H2,1-2H3. The maximum atomic E-state index is 10.3. The minimum atomic E-state index is -0.417. The van der Waals surface area contributed by atoms with E-state index in [1.807, 2.05) is 6.07 Å². The third-order valence-electron chi connectivity index (χ3n) is 3.41. The van der Waals surface area contributed by atoms with Crippen LogP contribution in [0, 0.1) is 11.8 Å². The summed E-state index contributed by atoms with van der Waals surface area (Å²) in [6.07, 6.45) is 6.50. The van der Waals surface area contributed by atoms with Crippen molar-refractivity contribution in [2.75, 3.05) is 6.61 Å². The second-order valence-electron chi connectivity index (χ2n) is 4.94. The number of pyridine rings is 1. The molecular formula is C14H21NO2. The van der Waals surface area contributed by atoms with Gasteiger partial charge in [-0.25, -0.2) is 0 Å². The predicted octanol–water partition coefficient (Wildman–Crippen LogP) is 2.95. The van der Waals surface area contributed by atoms with Crippen molar-refractivity contribution in [2.45, 2.75) is 39.2 Å². The van der Waals surface area contributed by atoms with E-state index < -0.39 is 6.10 Å². The third-order valence-corrected chi connectivity index (χ3v) is 3.41. The number of hydrogen-bond acceptors (Lipinski definition) is 3. The molecule has 0 spiro atoms. The fourth-order valence-corrected chi connectivity index (χ4v) is 2.08. The van der Waals surface area contributed by atoms with E-state index >= 15 is 0 Å². The highest BCUT2D eigenvalue weighted by Gasteiger charge is 2.33. The van der Waals surface area contributed by atoms with Crippen molar-refractivity contribution in [2.24, 2.45) is 11.8 Å². The van der Waals surface area contributed by atoms with Gasteiger partial charge in [-0.1, -0.05) is 13.8 Å². The average molecular weight is 235 g/mol. The third kappa shape index (κ3) is 3.19. The fourth-order valence-electron chi connectivity index (χ4n) is 2.08. The van der Waals surface area contributed by atoms with Crippen molar-refractivity contribution in [1.82, 2.24) is 4.98 Å². The van der Waals surface area contributed by atoms with Crippen LogP contribution in [0.15, 0.2) is 18.5 Å². The predicted molar refractivity (Wildman–Crippen MR) is 66.9 cm³/mol. The second kappa shape index (κ2) is 5.50. The van der Waals surface area contributed by atoms with Gasteiger partial charge in [0.05, 0.1) is 18.9 Å². The summed E-state index contributed by atoms with van der Waals surface area (Å²) in [5.41, 5.74) is 0.873. The van der Waals surface area contributed by atoms with Crippen molar-refractivity contribution in [3.63, 3.8) is 0 Å². The number of ether oxygens (including phenoxy) is 1. The Hall–Kier alpha value is -1.09. The van der Waals surface area contributed by atoms with Crippen LogP contribution >= 0.6 is 0 Å². The van der Waals surface area contributed by atoms with Crippen molar-refractivity contribution in [3.8, 4) is 5.75 Å². The molecule has 0 aromatic carbocycles. The zero-order chi connectivity index (χ0) is 12.3. The van der Waals surface area contributed by atoms with Crippen LogP contribution in [-0.4, -0.2) is 16.7 Å². The Labute approximate surface area is 103 Å². The van der Waals surface area contributed by atoms with Crippen LogP contribution in [-0.2, 0) is 0 Å². The van der Waals surface area contributed by atoms with Crippen LogP contribution in [0.3, 0.4) is 0 Å². The zero-order valence-electron chi connectivity index (χ0n) is 10.6. The molecule has 3 heteroatoms. The van der Waals surface area contributed by atoms with E-state index in [0.717, 1.165) is 17.7 Å². The van der Waals surface area contributed by atoms with Gasteiger partial charge >= 0.3 is 0 Å². The van der Waals surface area contributed by atoms with Crippen LogP contribution in [0.2, 0.25) is 0 Å². The first-order valence-corrected chi connectivity index (χ1v) is 6.48. The van der Waals surface area contributed by atoms with Crippen LogP contribution in [0.25, 0.3) is 0 Å². The Bertz CT molecular complexity index is 363. The molecule has 2 rings (SSSR count). The summed E-state index contributed by atoms with van der Waals surface area (Å²) in [7, 11) is 0. The van der Waals surface area contributed by atoms with Gasteiger partial charge in [-0.15, -0.1) is 0 Å². The first-order chi connectivity index (χ1) is 8.22. The van der Waals surface area contributed by atoms with Gasteiger partial charge in [0.2, 0.25) is 0 Å². The molecule has 1 N–H and O–H groups in total. The molecule has 1 heterocycles. The van der Waals surface area contributed by atoms with Crippen LogP contribution < -0.4 is 4.74 Å². The average Bonchev–Trinajstić information content (AvgIpc) is 3.19. The summed E-state index contributed by atoms with van der Waals surface area (Å²) >= 11 is 0. The maximum Gasteiger partial charge on any atom is 0.137 e. The molecule has 0 amide bonds. The lowest BCUT2D eigenvalue weighted by Gasteiger charge is -2.18. The van der Waals surface area contributed by atoms with Crippen molar-refractivity contribution in [3.05, 3.63) is 24.0 Å². The van der Waals surface area contributed by atoms with Gasteiger partial charge in [0.15, 0.2) is 0 Å². The lowest BCUT2D eigenvalue weighted by molar-refractivity contribution is 0.105. The van der Waals surface area contributed by atoms with E-state index in [1.165, 1.54) is 12.8 Å². The molecule has 1 fully saturated rings. The zero-order valence-corrected chi connectivity index (χ0v) is 10.6. The van der Waals surface area contributed by atoms with Crippen molar-refractivity contribution in [1.29, 1.82) is 0 Å². The van der Waals surface area contributed by atoms with Gasteiger partial charge in [0, 0.05) is 11.8 Å². The molecule has 1 aliphatic carbocycles. The molecule has 0 bridgehead atoms. The van der Waals surface area contributed by atoms with Gasteiger partial charge in [-0.05, 0) is 37.2 Å². The minimum Gasteiger partial charge on any atom is -0.492 e. The molecular weight excluding hydrogens is 214 g/mol. The number of aliphatic hydroxyl groups is 1. The Kier molecular flexibility index (Phi) is 4.00. The molecule has 1 aromatic rings. The van der Waals surface area contributed by atoms with E-state index in [2.05, 4.69) is 18.8 Å². The lowest BCUT2D eigenvalue weighted by atomic mass is 9.94. The van der Waals surface area contributed by atoms with Gasteiger partial charge < -0.3 is 9.84 Å². The first kappa shape index (κ1) is 12.4. The molecule has 94 valence electrons. The summed E-state index contributed by atoms with van der Waals surface area (Å²) in [5, 5.41) is 10.3. The lowest BCUT2D eigenvalue weighted by Crippen LogP contribution is -2.11. The van der Waals surface area contributed by atoms with E-state index in [-0.39, 0.29) is 0 Å². The van der Waals surface area contributed by atoms with Gasteiger partial charge in [-0.3, -0.25) is 4.98 Å².